The zero-order valence-electron chi connectivity index (χ0n) is 64.5. The molecule has 119 heavy (non-hydrogen) atoms. The summed E-state index contributed by atoms with van der Waals surface area (Å²) in [6, 6.07) is 22.0. The van der Waals surface area contributed by atoms with Crippen LogP contribution < -0.4 is 20.1 Å². The van der Waals surface area contributed by atoms with E-state index < -0.39 is 6.10 Å². The van der Waals surface area contributed by atoms with Crippen LogP contribution in [-0.2, 0) is 6.42 Å². The molecule has 1 saturated heterocycles. The van der Waals surface area contributed by atoms with E-state index in [1.54, 1.807) is 82.5 Å². The number of carbonyl (C=O) groups is 1. The predicted octanol–water partition coefficient (Wildman–Crippen LogP) is 19.2. The fourth-order valence-electron chi connectivity index (χ4n) is 13.0. The molecule has 1 aliphatic heterocycles. The average molecular weight is 1750 g/mol. The summed E-state index contributed by atoms with van der Waals surface area (Å²) in [5.41, 5.74) is 14.6. The molecule has 2 aliphatic rings. The van der Waals surface area contributed by atoms with Crippen molar-refractivity contribution in [3.8, 4) is 103 Å². The minimum atomic E-state index is -0.575. The van der Waals surface area contributed by atoms with Crippen LogP contribution in [0, 0.1) is 33.6 Å². The van der Waals surface area contributed by atoms with E-state index in [-0.39, 0.29) is 66.2 Å². The molecule has 4 aromatic carbocycles. The maximum absolute atomic E-state index is 12.8. The number of aliphatic hydroxyl groups is 1. The number of allylic oxidation sites excluding steroid dienone is 1. The van der Waals surface area contributed by atoms with E-state index in [2.05, 4.69) is 123 Å². The van der Waals surface area contributed by atoms with Crippen molar-refractivity contribution in [2.24, 2.45) is 5.92 Å². The molecular formula is C82H77Cl7N22O8. The highest BCUT2D eigenvalue weighted by molar-refractivity contribution is 6.38. The van der Waals surface area contributed by atoms with E-state index in [0.29, 0.717) is 140 Å². The quantitative estimate of drug-likeness (QED) is 0.0562. The van der Waals surface area contributed by atoms with Gasteiger partial charge in [-0.25, -0.2) is 29.0 Å². The molecule has 0 spiro atoms. The molecule has 4 atom stereocenters. The van der Waals surface area contributed by atoms with Gasteiger partial charge in [0.25, 0.3) is 23.6 Å². The number of carbonyl (C=O) groups excluding carboxylic acids is 1. The Morgan fingerprint density at radius 2 is 1.11 bits per heavy atom. The Morgan fingerprint density at radius 3 is 1.68 bits per heavy atom. The van der Waals surface area contributed by atoms with Crippen molar-refractivity contribution in [2.45, 2.75) is 126 Å². The molecular weight excluding hydrogens is 1670 g/mol. The van der Waals surface area contributed by atoms with Gasteiger partial charge in [0.05, 0.1) is 94.9 Å². The molecule has 12 aromatic heterocycles. The Kier molecular flexibility index (Phi) is 25.8. The number of nitrogens with one attached hydrogen (secondary N) is 2. The molecule has 37 heteroatoms. The third-order valence-corrected chi connectivity index (χ3v) is 21.3. The summed E-state index contributed by atoms with van der Waals surface area (Å²) >= 11 is 44.6. The van der Waals surface area contributed by atoms with Crippen LogP contribution in [0.5, 0.6) is 11.5 Å². The van der Waals surface area contributed by atoms with Crippen molar-refractivity contribution in [2.75, 3.05) is 19.7 Å². The number of halogens is 7. The number of ether oxygens (including phenoxy) is 2. The maximum atomic E-state index is 12.8. The lowest BCUT2D eigenvalue weighted by Gasteiger charge is -2.14. The SMILES string of the molecule is C.C=C1CC(CC(=O)c2cc(Cl)c(-c3noc(-c4cn5nc(C)cc(Cl)c5n4)n3)cc2Cl)CN1.CCCNC1CCc2c(-c3noc(-c4cn5nc(C)ccc5n4)n3)cccc21.CC[C@@H](O)COc1cc(Cl)c(-c2noc(-c3cn4cc(C)ncc4n3)n2)cc1Cl.CC[C@H](C)Oc1cc(Cl)c(-c2noc(-c3cn4cc(C)ncc4n3)n2)cc1Cl. The number of fused-ring (bicyclic) bond motifs is 5. The van der Waals surface area contributed by atoms with Gasteiger partial charge in [-0.1, -0.05) is 155 Å². The number of benzene rings is 4. The van der Waals surface area contributed by atoms with E-state index in [0.717, 1.165) is 84.9 Å². The summed E-state index contributed by atoms with van der Waals surface area (Å²) in [6.07, 6.45) is 19.4. The van der Waals surface area contributed by atoms with E-state index in [1.165, 1.54) is 11.1 Å². The highest BCUT2D eigenvalue weighted by Gasteiger charge is 2.30. The maximum Gasteiger partial charge on any atom is 0.278 e. The van der Waals surface area contributed by atoms with Gasteiger partial charge in [-0.05, 0) is 139 Å². The summed E-state index contributed by atoms with van der Waals surface area (Å²) in [7, 11) is 0. The largest absolute Gasteiger partial charge is 0.489 e. The Balaban J connectivity index is 0.000000130. The van der Waals surface area contributed by atoms with E-state index in [1.807, 2.05) is 88.0 Å². The predicted molar refractivity (Wildman–Crippen MR) is 453 cm³/mol. The number of aryl methyl sites for hydroxylation is 4. The number of aliphatic hydroxyl groups excluding tert-OH is 1. The Morgan fingerprint density at radius 1 is 0.580 bits per heavy atom. The van der Waals surface area contributed by atoms with Crippen molar-refractivity contribution in [1.82, 2.24) is 109 Å². The molecule has 0 bridgehead atoms. The topological polar surface area (TPSA) is 356 Å². The minimum absolute atomic E-state index is 0. The van der Waals surface area contributed by atoms with Crippen LogP contribution in [0.15, 0.2) is 153 Å². The first kappa shape index (κ1) is 84.1. The van der Waals surface area contributed by atoms with Crippen LogP contribution >= 0.6 is 81.2 Å². The standard InChI is InChI=1S/C22H17Cl3N6O2.C21H22N6O.C19H17Cl2N5O3.C19H17Cl2N5O2.CH4/c1-10-3-12(8-26-10)5-19(32)13-6-16(24)14(7-15(13)23)20-28-22(33-30-20)18-9-31-21(27-18)17(25)4-11(2)29-31;1-3-11-22-17-9-8-14-15(17)5-4-6-16(14)20-24-21(28-26-20)18-12-27-19(23-18)10-7-13(2)25-27;1-3-11(27)9-28-16-5-13(20)12(4-14(16)21)18-24-19(29-25-18)15-8-26-7-10(2)22-6-17(26)23-15;1-4-11(3)27-16-6-13(20)12(5-14(16)21)18-24-19(28-25-18)15-9-26-8-10(2)22-7-17(26)23-15;/h4,6-7,9,12,26H,1,3,5,8H2,2H3;4-7,10,12,17,22H,3,8-9,11H2,1-2H3;4-8,11,27H,3,9H2,1-2H3;5-9,11H,4H2,1-3H3;1H4/t;;2*11-;/m..10./s1. The highest BCUT2D eigenvalue weighted by atomic mass is 35.5. The Bertz CT molecular complexity index is 6430. The van der Waals surface area contributed by atoms with Crippen LogP contribution in [-0.4, -0.2) is 141 Å². The zero-order chi connectivity index (χ0) is 82.7. The summed E-state index contributed by atoms with van der Waals surface area (Å²) in [5.74, 6) is 3.56. The smallest absolute Gasteiger partial charge is 0.278 e. The van der Waals surface area contributed by atoms with E-state index >= 15 is 0 Å². The second-order valence-electron chi connectivity index (χ2n) is 28.1. The lowest BCUT2D eigenvalue weighted by molar-refractivity contribution is 0.0965. The zero-order valence-corrected chi connectivity index (χ0v) is 69.8. The molecule has 3 N–H and O–H groups in total. The van der Waals surface area contributed by atoms with Gasteiger partial charge in [-0.15, -0.1) is 0 Å². The summed E-state index contributed by atoms with van der Waals surface area (Å²) in [5, 5.41) is 44.0. The molecule has 0 radical (unpaired) electrons. The average Bonchev–Trinajstić information content (AvgIpc) is 1.65. The normalized spacial score (nSPS) is 14.1. The molecule has 13 heterocycles. The number of hydrogen-bond acceptors (Lipinski definition) is 26. The lowest BCUT2D eigenvalue weighted by Crippen LogP contribution is -2.19. The first-order chi connectivity index (χ1) is 56.9. The number of nitrogens with zero attached hydrogens (tertiary/aromatic N) is 20. The fourth-order valence-corrected chi connectivity index (χ4v) is 14.7. The molecule has 1 aliphatic carbocycles. The third kappa shape index (κ3) is 18.9. The number of ketones is 1. The fraction of sp³-hybridized carbons (Fsp3) is 0.280. The van der Waals surface area contributed by atoms with Crippen LogP contribution in [0.1, 0.15) is 124 Å². The first-order valence-electron chi connectivity index (χ1n) is 37.5. The first-order valence-corrected chi connectivity index (χ1v) is 40.1. The number of rotatable bonds is 21. The van der Waals surface area contributed by atoms with Crippen molar-refractivity contribution in [1.29, 1.82) is 0 Å². The molecule has 0 saturated carbocycles. The lowest BCUT2D eigenvalue weighted by atomic mass is 9.96. The Hall–Kier alpha value is -11.3. The molecule has 1 fully saturated rings. The van der Waals surface area contributed by atoms with Crippen LogP contribution in [0.3, 0.4) is 0 Å². The van der Waals surface area contributed by atoms with Gasteiger partial charge in [-0.3, -0.25) is 14.8 Å². The molecule has 2 unspecified atom stereocenters. The van der Waals surface area contributed by atoms with Crippen LogP contribution in [0.2, 0.25) is 35.2 Å². The van der Waals surface area contributed by atoms with Gasteiger partial charge < -0.3 is 52.1 Å². The number of imidazole rings is 4. The van der Waals surface area contributed by atoms with Crippen molar-refractivity contribution in [3.63, 3.8) is 0 Å². The molecule has 612 valence electrons. The van der Waals surface area contributed by atoms with Gasteiger partial charge in [0, 0.05) is 89.4 Å². The second-order valence-corrected chi connectivity index (χ2v) is 31.0. The summed E-state index contributed by atoms with van der Waals surface area (Å²) < 4.78 is 40.0. The molecule has 30 nitrogen and oxygen atoms in total. The van der Waals surface area contributed by atoms with Gasteiger partial charge in [0.1, 0.15) is 40.9 Å². The van der Waals surface area contributed by atoms with E-state index in [4.69, 9.17) is 109 Å². The van der Waals surface area contributed by atoms with Gasteiger partial charge in [0.15, 0.2) is 28.4 Å². The van der Waals surface area contributed by atoms with E-state index in [9.17, 15) is 9.90 Å². The van der Waals surface area contributed by atoms with Gasteiger partial charge in [-0.2, -0.15) is 30.1 Å². The number of Topliss-reactive ketones (excluding diaryl/α,β-unsaturated/α-hetero) is 1. The summed E-state index contributed by atoms with van der Waals surface area (Å²) in [6.45, 7) is 21.4. The molecule has 16 aromatic rings. The third-order valence-electron chi connectivity index (χ3n) is 19.2. The van der Waals surface area contributed by atoms with Gasteiger partial charge in [0.2, 0.25) is 23.3 Å². The number of aromatic nitrogens is 20. The Labute approximate surface area is 715 Å². The van der Waals surface area contributed by atoms with Crippen molar-refractivity contribution < 1.29 is 37.5 Å². The van der Waals surface area contributed by atoms with Crippen LogP contribution in [0.4, 0.5) is 0 Å². The van der Waals surface area contributed by atoms with Gasteiger partial charge >= 0.3 is 0 Å². The molecule has 18 rings (SSSR count). The molecule has 0 amide bonds. The minimum Gasteiger partial charge on any atom is -0.489 e. The van der Waals surface area contributed by atoms with Crippen LogP contribution in [0.25, 0.3) is 114 Å². The highest BCUT2D eigenvalue weighted by Crippen LogP contribution is 2.42. The second kappa shape index (κ2) is 36.5. The summed E-state index contributed by atoms with van der Waals surface area (Å²) in [4.78, 5) is 56.9. The monoisotopic (exact) mass is 1740 g/mol. The van der Waals surface area contributed by atoms with Crippen molar-refractivity contribution >= 4 is 110 Å². The van der Waals surface area contributed by atoms with Crippen molar-refractivity contribution in [3.05, 3.63) is 209 Å². The number of hydrogen-bond donors (Lipinski definition) is 3.